The van der Waals surface area contributed by atoms with Crippen molar-refractivity contribution in [2.45, 2.75) is 26.8 Å². The van der Waals surface area contributed by atoms with Crippen LogP contribution in [0.5, 0.6) is 5.75 Å². The molecule has 0 N–H and O–H groups in total. The fourth-order valence-corrected chi connectivity index (χ4v) is 3.84. The number of ether oxygens (including phenoxy) is 1. The van der Waals surface area contributed by atoms with Gasteiger partial charge in [0.25, 0.3) is 0 Å². The molecular formula is C27H23F2N5O. The van der Waals surface area contributed by atoms with Crippen LogP contribution in [0.3, 0.4) is 0 Å². The Bertz CT molecular complexity index is 1450. The van der Waals surface area contributed by atoms with E-state index in [1.54, 1.807) is 17.1 Å². The van der Waals surface area contributed by atoms with Crippen molar-refractivity contribution < 1.29 is 13.5 Å². The van der Waals surface area contributed by atoms with Gasteiger partial charge in [-0.15, -0.1) is 0 Å². The molecule has 2 aliphatic heterocycles. The maximum absolute atomic E-state index is 14.1. The number of pyridine rings is 1. The van der Waals surface area contributed by atoms with E-state index in [4.69, 9.17) is 4.74 Å². The molecule has 0 amide bonds. The van der Waals surface area contributed by atoms with Gasteiger partial charge >= 0.3 is 0 Å². The van der Waals surface area contributed by atoms with Gasteiger partial charge in [-0.25, -0.2) is 18.7 Å². The van der Waals surface area contributed by atoms with Gasteiger partial charge in [-0.3, -0.25) is 9.67 Å². The molecule has 2 aromatic carbocycles. The first-order valence-electron chi connectivity index (χ1n) is 11.3. The van der Waals surface area contributed by atoms with Crippen molar-refractivity contribution in [3.8, 4) is 39.8 Å². The molecule has 0 spiro atoms. The van der Waals surface area contributed by atoms with Gasteiger partial charge in [0.05, 0.1) is 36.8 Å². The van der Waals surface area contributed by atoms with E-state index in [0.717, 1.165) is 40.6 Å². The van der Waals surface area contributed by atoms with E-state index in [9.17, 15) is 8.78 Å². The first-order chi connectivity index (χ1) is 17.0. The van der Waals surface area contributed by atoms with Crippen LogP contribution in [0.4, 0.5) is 8.78 Å². The summed E-state index contributed by atoms with van der Waals surface area (Å²) in [6.45, 7) is 5.30. The highest BCUT2D eigenvalue weighted by molar-refractivity contribution is 5.66. The molecule has 0 saturated carbocycles. The number of benzene rings is 2. The number of aromatic nitrogens is 5. The summed E-state index contributed by atoms with van der Waals surface area (Å²) >= 11 is 0. The summed E-state index contributed by atoms with van der Waals surface area (Å²) < 4.78 is 35.2. The van der Waals surface area contributed by atoms with Crippen LogP contribution < -0.4 is 4.74 Å². The lowest BCUT2D eigenvalue weighted by Gasteiger charge is -2.10. The van der Waals surface area contributed by atoms with Crippen molar-refractivity contribution in [1.29, 1.82) is 0 Å². The number of aryl methyl sites for hydroxylation is 1. The number of hydrogen-bond acceptors (Lipinski definition) is 5. The molecular weight excluding hydrogens is 448 g/mol. The van der Waals surface area contributed by atoms with E-state index in [0.29, 0.717) is 24.5 Å². The minimum absolute atomic E-state index is 0.0211. The van der Waals surface area contributed by atoms with Gasteiger partial charge in [0.15, 0.2) is 17.5 Å². The van der Waals surface area contributed by atoms with E-state index in [1.165, 1.54) is 12.1 Å². The number of rotatable bonds is 7. The van der Waals surface area contributed by atoms with Crippen LogP contribution in [0.2, 0.25) is 0 Å². The fraction of sp³-hybridized carbons (Fsp3) is 0.185. The topological polar surface area (TPSA) is 65.7 Å². The maximum atomic E-state index is 14.1. The summed E-state index contributed by atoms with van der Waals surface area (Å²) in [5.74, 6) is -0.907. The summed E-state index contributed by atoms with van der Waals surface area (Å²) in [5.41, 5.74) is 5.07. The van der Waals surface area contributed by atoms with Crippen molar-refractivity contribution in [2.24, 2.45) is 0 Å². The highest BCUT2D eigenvalue weighted by Gasteiger charge is 2.18. The molecule has 0 unspecified atom stereocenters. The molecule has 3 aromatic rings. The third-order valence-electron chi connectivity index (χ3n) is 5.62. The van der Waals surface area contributed by atoms with Gasteiger partial charge in [0, 0.05) is 11.8 Å². The molecule has 2 aliphatic rings. The molecule has 3 heterocycles. The van der Waals surface area contributed by atoms with Crippen LogP contribution in [0.15, 0.2) is 67.1 Å². The average molecular weight is 472 g/mol. The second kappa shape index (κ2) is 9.58. The van der Waals surface area contributed by atoms with Crippen molar-refractivity contribution in [3.63, 3.8) is 0 Å². The summed E-state index contributed by atoms with van der Waals surface area (Å²) in [6.07, 6.45) is 6.08. The van der Waals surface area contributed by atoms with Crippen LogP contribution >= 0.6 is 0 Å². The average Bonchev–Trinajstić information content (AvgIpc) is 3.28. The Morgan fingerprint density at radius 1 is 0.914 bits per heavy atom. The van der Waals surface area contributed by atoms with Gasteiger partial charge in [0.1, 0.15) is 17.1 Å². The van der Waals surface area contributed by atoms with Crippen LogP contribution in [0, 0.1) is 18.6 Å². The summed E-state index contributed by atoms with van der Waals surface area (Å²) in [5, 5.41) is 4.38. The van der Waals surface area contributed by atoms with Crippen LogP contribution in [0.1, 0.15) is 24.5 Å². The predicted octanol–water partition coefficient (Wildman–Crippen LogP) is 5.93. The predicted molar refractivity (Wildman–Crippen MR) is 129 cm³/mol. The first-order valence-corrected chi connectivity index (χ1v) is 11.3. The Morgan fingerprint density at radius 3 is 2.54 bits per heavy atom. The van der Waals surface area contributed by atoms with Crippen molar-refractivity contribution >= 4 is 0 Å². The third kappa shape index (κ3) is 4.73. The normalized spacial score (nSPS) is 11.2. The van der Waals surface area contributed by atoms with Crippen molar-refractivity contribution in [1.82, 2.24) is 24.7 Å². The molecule has 0 aliphatic carbocycles. The molecule has 35 heavy (non-hydrogen) atoms. The lowest BCUT2D eigenvalue weighted by atomic mass is 10.0. The zero-order chi connectivity index (χ0) is 24.4. The quantitative estimate of drug-likeness (QED) is 0.294. The minimum atomic E-state index is -0.965. The zero-order valence-corrected chi connectivity index (χ0v) is 19.4. The van der Waals surface area contributed by atoms with E-state index in [1.807, 2.05) is 43.5 Å². The molecule has 5 rings (SSSR count). The number of fused-ring (bicyclic) bond motifs is 1. The Kier molecular flexibility index (Phi) is 6.18. The molecule has 0 saturated heterocycles. The Balaban J connectivity index is 1.34. The largest absolute Gasteiger partial charge is 0.494 e. The molecule has 0 atom stereocenters. The Morgan fingerprint density at radius 2 is 1.77 bits per heavy atom. The number of hydrogen-bond donors (Lipinski definition) is 0. The van der Waals surface area contributed by atoms with Gasteiger partial charge in [0.2, 0.25) is 0 Å². The van der Waals surface area contributed by atoms with E-state index >= 15 is 0 Å². The summed E-state index contributed by atoms with van der Waals surface area (Å²) in [7, 11) is 0. The van der Waals surface area contributed by atoms with E-state index in [2.05, 4.69) is 27.0 Å². The lowest BCUT2D eigenvalue weighted by Crippen LogP contribution is -2.06. The maximum Gasteiger partial charge on any atom is 0.169 e. The number of imidazole rings is 1. The molecule has 176 valence electrons. The molecule has 0 radical (unpaired) electrons. The van der Waals surface area contributed by atoms with Crippen molar-refractivity contribution in [3.05, 3.63) is 89.9 Å². The fourth-order valence-electron chi connectivity index (χ4n) is 3.84. The molecule has 6 nitrogen and oxygen atoms in total. The van der Waals surface area contributed by atoms with Crippen molar-refractivity contribution in [2.75, 3.05) is 6.61 Å². The van der Waals surface area contributed by atoms with Gasteiger partial charge in [-0.1, -0.05) is 19.1 Å². The lowest BCUT2D eigenvalue weighted by molar-refractivity contribution is 0.317. The van der Waals surface area contributed by atoms with E-state index in [-0.39, 0.29) is 11.4 Å². The zero-order valence-electron chi connectivity index (χ0n) is 19.4. The first kappa shape index (κ1) is 22.6. The standard InChI is InChI=1S/C27H23F2N5O/c1-3-11-35-19-8-9-20(17(2)12-19)23-10-7-18(13-30-23)15-34-16-25-24(14-31-34)32-27(33-25)21-5-4-6-22(28)26(21)29/h4-10,12-14,16H,3,11,15H2,1-2H3. The monoisotopic (exact) mass is 471 g/mol. The van der Waals surface area contributed by atoms with Crippen LogP contribution in [0.25, 0.3) is 34.0 Å². The highest BCUT2D eigenvalue weighted by atomic mass is 19.2. The van der Waals surface area contributed by atoms with Gasteiger partial charge in [-0.05, 0) is 60.9 Å². The molecule has 1 aromatic heterocycles. The SMILES string of the molecule is CCCOc1ccc(-c2ccc(Cn3cc4nc(-c5cccc(F)c5F)nc-4cn3)cn2)c(C)c1. The second-order valence-electron chi connectivity index (χ2n) is 8.27. The van der Waals surface area contributed by atoms with Gasteiger partial charge in [-0.2, -0.15) is 5.10 Å². The van der Waals surface area contributed by atoms with Gasteiger partial charge < -0.3 is 4.74 Å². The molecule has 8 heteroatoms. The third-order valence-corrected chi connectivity index (χ3v) is 5.62. The summed E-state index contributed by atoms with van der Waals surface area (Å²) in [6, 6.07) is 14.0. The van der Waals surface area contributed by atoms with Crippen LogP contribution in [-0.2, 0) is 6.54 Å². The second-order valence-corrected chi connectivity index (χ2v) is 8.27. The van der Waals surface area contributed by atoms with E-state index < -0.39 is 11.6 Å². The molecule has 0 bridgehead atoms. The smallest absolute Gasteiger partial charge is 0.169 e. The number of halogens is 2. The Labute approximate surface area is 201 Å². The number of nitrogens with zero attached hydrogens (tertiary/aromatic N) is 5. The minimum Gasteiger partial charge on any atom is -0.494 e. The highest BCUT2D eigenvalue weighted by Crippen LogP contribution is 2.28. The van der Waals surface area contributed by atoms with Crippen LogP contribution in [-0.4, -0.2) is 31.3 Å². The Hall–Kier alpha value is -4.20. The summed E-state index contributed by atoms with van der Waals surface area (Å²) in [4.78, 5) is 13.3. The molecule has 0 fully saturated rings.